The van der Waals surface area contributed by atoms with Gasteiger partial charge in [0.1, 0.15) is 11.5 Å². The first-order valence-corrected chi connectivity index (χ1v) is 9.12. The molecule has 0 radical (unpaired) electrons. The lowest BCUT2D eigenvalue weighted by Crippen LogP contribution is -2.10. The Bertz CT molecular complexity index is 982. The summed E-state index contributed by atoms with van der Waals surface area (Å²) in [7, 11) is 3.18. The van der Waals surface area contributed by atoms with Gasteiger partial charge in [-0.3, -0.25) is 0 Å². The van der Waals surface area contributed by atoms with E-state index in [0.29, 0.717) is 28.9 Å². The van der Waals surface area contributed by atoms with Gasteiger partial charge < -0.3 is 18.9 Å². The van der Waals surface area contributed by atoms with Crippen molar-refractivity contribution in [3.63, 3.8) is 0 Å². The normalized spacial score (nSPS) is 11.7. The van der Waals surface area contributed by atoms with Crippen molar-refractivity contribution < 1.29 is 18.9 Å². The molecule has 0 unspecified atom stereocenters. The maximum Gasteiger partial charge on any atom is 0.225 e. The molecule has 0 aromatic heterocycles. The zero-order chi connectivity index (χ0) is 20.5. The highest BCUT2D eigenvalue weighted by molar-refractivity contribution is 5.96. The molecule has 3 rings (SSSR count). The summed E-state index contributed by atoms with van der Waals surface area (Å²) in [5.74, 6) is 2.98. The van der Waals surface area contributed by atoms with E-state index in [1.807, 2.05) is 67.6 Å². The Labute approximate surface area is 170 Å². The van der Waals surface area contributed by atoms with Crippen LogP contribution in [0, 0.1) is 0 Å². The third-order valence-corrected chi connectivity index (χ3v) is 4.01. The van der Waals surface area contributed by atoms with E-state index in [-0.39, 0.29) is 0 Å². The molecular weight excluding hydrogens is 366 g/mol. The number of methoxy groups -OCH3 is 2. The molecule has 0 fully saturated rings. The van der Waals surface area contributed by atoms with Gasteiger partial charge in [-0.2, -0.15) is 0 Å². The maximum atomic E-state index is 6.01. The Hall–Kier alpha value is -3.73. The maximum absolute atomic E-state index is 6.01. The van der Waals surface area contributed by atoms with Gasteiger partial charge in [0.05, 0.1) is 26.2 Å². The standard InChI is InChI=1S/C24H23NO4/c1-18(17-28-21-14-15-22(26-2)23(16-21)27-3)24(25-19-10-6-4-7-11-19)29-20-12-8-5-9-13-20/h4-17H,1-3H3. The third-order valence-electron chi connectivity index (χ3n) is 4.01. The van der Waals surface area contributed by atoms with Crippen molar-refractivity contribution in [3.05, 3.63) is 90.7 Å². The molecule has 5 nitrogen and oxygen atoms in total. The largest absolute Gasteiger partial charge is 0.493 e. The molecule has 0 amide bonds. The van der Waals surface area contributed by atoms with Crippen molar-refractivity contribution in [3.8, 4) is 23.0 Å². The summed E-state index contributed by atoms with van der Waals surface area (Å²) in [5, 5.41) is 0. The lowest BCUT2D eigenvalue weighted by atomic mass is 10.3. The van der Waals surface area contributed by atoms with Crippen LogP contribution in [0.4, 0.5) is 5.69 Å². The Morgan fingerprint density at radius 3 is 2.07 bits per heavy atom. The van der Waals surface area contributed by atoms with Crippen molar-refractivity contribution in [2.75, 3.05) is 14.2 Å². The second kappa shape index (κ2) is 9.99. The van der Waals surface area contributed by atoms with Crippen LogP contribution in [0.15, 0.2) is 95.7 Å². The van der Waals surface area contributed by atoms with Gasteiger partial charge in [-0.1, -0.05) is 36.4 Å². The molecule has 5 heteroatoms. The molecule has 0 heterocycles. The molecular formula is C24H23NO4. The second-order valence-corrected chi connectivity index (χ2v) is 6.10. The fourth-order valence-corrected chi connectivity index (χ4v) is 2.51. The molecule has 0 aliphatic heterocycles. The molecule has 3 aromatic carbocycles. The zero-order valence-electron chi connectivity index (χ0n) is 16.7. The lowest BCUT2D eigenvalue weighted by molar-refractivity contribution is 0.352. The van der Waals surface area contributed by atoms with Crippen LogP contribution >= 0.6 is 0 Å². The summed E-state index contributed by atoms with van der Waals surface area (Å²) < 4.78 is 22.4. The summed E-state index contributed by atoms with van der Waals surface area (Å²) in [6, 6.07) is 24.5. The van der Waals surface area contributed by atoms with Gasteiger partial charge in [-0.05, 0) is 43.3 Å². The Kier molecular flexibility index (Phi) is 6.90. The number of nitrogens with zero attached hydrogens (tertiary/aromatic N) is 1. The van der Waals surface area contributed by atoms with Gasteiger partial charge in [0, 0.05) is 11.6 Å². The van der Waals surface area contributed by atoms with Crippen LogP contribution in [-0.4, -0.2) is 20.1 Å². The highest BCUT2D eigenvalue weighted by atomic mass is 16.5. The molecule has 3 aromatic rings. The average Bonchev–Trinajstić information content (AvgIpc) is 2.78. The van der Waals surface area contributed by atoms with Gasteiger partial charge in [-0.25, -0.2) is 4.99 Å². The van der Waals surface area contributed by atoms with E-state index in [1.165, 1.54) is 0 Å². The number of aliphatic imine (C=N–C) groups is 1. The molecule has 0 aliphatic carbocycles. The van der Waals surface area contributed by atoms with Crippen molar-refractivity contribution in [1.29, 1.82) is 0 Å². The van der Waals surface area contributed by atoms with Crippen LogP contribution in [0.3, 0.4) is 0 Å². The first-order chi connectivity index (χ1) is 14.2. The van der Waals surface area contributed by atoms with E-state index >= 15 is 0 Å². The van der Waals surface area contributed by atoms with Gasteiger partial charge >= 0.3 is 0 Å². The van der Waals surface area contributed by atoms with E-state index in [0.717, 1.165) is 11.3 Å². The average molecular weight is 389 g/mol. The minimum Gasteiger partial charge on any atom is -0.493 e. The van der Waals surface area contributed by atoms with Crippen LogP contribution in [0.5, 0.6) is 23.0 Å². The van der Waals surface area contributed by atoms with E-state index < -0.39 is 0 Å². The third kappa shape index (κ3) is 5.62. The van der Waals surface area contributed by atoms with Crippen molar-refractivity contribution in [2.24, 2.45) is 4.99 Å². The van der Waals surface area contributed by atoms with Crippen LogP contribution < -0.4 is 18.9 Å². The van der Waals surface area contributed by atoms with Crippen LogP contribution in [0.25, 0.3) is 0 Å². The van der Waals surface area contributed by atoms with Gasteiger partial charge in [0.15, 0.2) is 11.5 Å². The van der Waals surface area contributed by atoms with Crippen LogP contribution in [-0.2, 0) is 0 Å². The SMILES string of the molecule is COc1ccc(OC=C(C)C(=Nc2ccccc2)Oc2ccccc2)cc1OC. The number of para-hydroxylation sites is 2. The summed E-state index contributed by atoms with van der Waals surface area (Å²) in [5.41, 5.74) is 1.52. The summed E-state index contributed by atoms with van der Waals surface area (Å²) >= 11 is 0. The molecule has 0 aliphatic rings. The fourth-order valence-electron chi connectivity index (χ4n) is 2.51. The molecule has 0 saturated carbocycles. The topological polar surface area (TPSA) is 49.3 Å². The Morgan fingerprint density at radius 2 is 1.41 bits per heavy atom. The van der Waals surface area contributed by atoms with E-state index in [1.54, 1.807) is 38.7 Å². The van der Waals surface area contributed by atoms with Crippen molar-refractivity contribution in [2.45, 2.75) is 6.92 Å². The minimum atomic E-state index is 0.447. The lowest BCUT2D eigenvalue weighted by Gasteiger charge is -2.11. The highest BCUT2D eigenvalue weighted by Crippen LogP contribution is 2.31. The molecule has 0 bridgehead atoms. The molecule has 0 spiro atoms. The van der Waals surface area contributed by atoms with Gasteiger partial charge in [0.2, 0.25) is 5.90 Å². The second-order valence-electron chi connectivity index (χ2n) is 6.10. The van der Waals surface area contributed by atoms with E-state index in [2.05, 4.69) is 4.99 Å². The van der Waals surface area contributed by atoms with Gasteiger partial charge in [-0.15, -0.1) is 0 Å². The quantitative estimate of drug-likeness (QED) is 0.291. The van der Waals surface area contributed by atoms with Crippen LogP contribution in [0.2, 0.25) is 0 Å². The van der Waals surface area contributed by atoms with E-state index in [4.69, 9.17) is 18.9 Å². The minimum absolute atomic E-state index is 0.447. The number of benzene rings is 3. The van der Waals surface area contributed by atoms with E-state index in [9.17, 15) is 0 Å². The summed E-state index contributed by atoms with van der Waals surface area (Å²) in [6.45, 7) is 1.88. The number of ether oxygens (including phenoxy) is 4. The first kappa shape index (κ1) is 20.0. The predicted molar refractivity (Wildman–Crippen MR) is 115 cm³/mol. The molecule has 29 heavy (non-hydrogen) atoms. The van der Waals surface area contributed by atoms with Crippen molar-refractivity contribution in [1.82, 2.24) is 0 Å². The Balaban J connectivity index is 1.85. The summed E-state index contributed by atoms with van der Waals surface area (Å²) in [4.78, 5) is 4.63. The molecule has 148 valence electrons. The molecule has 0 atom stereocenters. The smallest absolute Gasteiger partial charge is 0.225 e. The summed E-state index contributed by atoms with van der Waals surface area (Å²) in [6.07, 6.45) is 1.60. The molecule has 0 saturated heterocycles. The van der Waals surface area contributed by atoms with Gasteiger partial charge in [0.25, 0.3) is 0 Å². The number of rotatable bonds is 7. The zero-order valence-corrected chi connectivity index (χ0v) is 16.7. The first-order valence-electron chi connectivity index (χ1n) is 9.12. The monoisotopic (exact) mass is 389 g/mol. The predicted octanol–water partition coefficient (Wildman–Crippen LogP) is 5.80. The molecule has 0 N–H and O–H groups in total. The highest BCUT2D eigenvalue weighted by Gasteiger charge is 2.09. The fraction of sp³-hybridized carbons (Fsp3) is 0.125. The van der Waals surface area contributed by atoms with Crippen LogP contribution in [0.1, 0.15) is 6.92 Å². The van der Waals surface area contributed by atoms with Crippen molar-refractivity contribution >= 4 is 11.6 Å². The Morgan fingerprint density at radius 1 is 0.759 bits per heavy atom. The number of hydrogen-bond donors (Lipinski definition) is 0. The number of hydrogen-bond acceptors (Lipinski definition) is 5.